The fourth-order valence-electron chi connectivity index (χ4n) is 1.49. The smallest absolute Gasteiger partial charge is 0.129 e. The molecule has 1 aromatic heterocycles. The van der Waals surface area contributed by atoms with Crippen LogP contribution in [0, 0.1) is 0 Å². The van der Waals surface area contributed by atoms with Crippen molar-refractivity contribution in [3.8, 4) is 0 Å². The van der Waals surface area contributed by atoms with Crippen molar-refractivity contribution in [3.05, 3.63) is 48.2 Å². The van der Waals surface area contributed by atoms with Gasteiger partial charge in [0.2, 0.25) is 0 Å². The lowest BCUT2D eigenvalue weighted by atomic mass is 10.1. The number of aliphatic hydroxyl groups is 1. The molecule has 0 unspecified atom stereocenters. The van der Waals surface area contributed by atoms with Crippen molar-refractivity contribution in [1.82, 2.24) is 4.98 Å². The van der Waals surface area contributed by atoms with E-state index in [2.05, 4.69) is 4.98 Å². The van der Waals surface area contributed by atoms with E-state index in [-0.39, 0.29) is 6.61 Å². The van der Waals surface area contributed by atoms with E-state index in [1.807, 2.05) is 24.3 Å². The van der Waals surface area contributed by atoms with Crippen molar-refractivity contribution in [2.45, 2.75) is 0 Å². The highest BCUT2D eigenvalue weighted by Gasteiger charge is 2.05. The first kappa shape index (κ1) is 9.80. The first-order valence-corrected chi connectivity index (χ1v) is 4.63. The number of aliphatic hydroxyl groups excluding tert-OH is 1. The molecule has 0 saturated carbocycles. The first-order valence-electron chi connectivity index (χ1n) is 4.63. The molecule has 0 spiro atoms. The van der Waals surface area contributed by atoms with Gasteiger partial charge in [0, 0.05) is 17.1 Å². The van der Waals surface area contributed by atoms with Crippen LogP contribution in [0.15, 0.2) is 42.6 Å². The maximum atomic E-state index is 13.5. The van der Waals surface area contributed by atoms with Crippen LogP contribution in [0.2, 0.25) is 0 Å². The van der Waals surface area contributed by atoms with E-state index in [9.17, 15) is 4.39 Å². The molecule has 0 radical (unpaired) electrons. The van der Waals surface area contributed by atoms with Crippen molar-refractivity contribution in [1.29, 1.82) is 0 Å². The van der Waals surface area contributed by atoms with Crippen molar-refractivity contribution >= 4 is 16.7 Å². The van der Waals surface area contributed by atoms with Crippen molar-refractivity contribution in [2.75, 3.05) is 6.61 Å². The Morgan fingerprint density at radius 3 is 2.93 bits per heavy atom. The molecule has 0 saturated heterocycles. The maximum absolute atomic E-state index is 13.5. The lowest BCUT2D eigenvalue weighted by Gasteiger charge is -2.02. The second kappa shape index (κ2) is 4.19. The van der Waals surface area contributed by atoms with Crippen LogP contribution in [0.5, 0.6) is 0 Å². The Morgan fingerprint density at radius 1 is 1.33 bits per heavy atom. The minimum absolute atomic E-state index is 0.303. The lowest BCUT2D eigenvalue weighted by molar-refractivity contribution is 0.342. The van der Waals surface area contributed by atoms with E-state index >= 15 is 0 Å². The van der Waals surface area contributed by atoms with Crippen LogP contribution in [-0.2, 0) is 0 Å². The fraction of sp³-hybridized carbons (Fsp3) is 0.0833. The average molecular weight is 203 g/mol. The molecule has 0 aliphatic heterocycles. The van der Waals surface area contributed by atoms with Crippen LogP contribution in [0.25, 0.3) is 16.7 Å². The Labute approximate surface area is 86.7 Å². The molecular weight excluding hydrogens is 193 g/mol. The molecule has 0 fully saturated rings. The number of rotatable bonds is 2. The van der Waals surface area contributed by atoms with Gasteiger partial charge in [-0.1, -0.05) is 18.2 Å². The molecular formula is C12H10FNO. The quantitative estimate of drug-likeness (QED) is 0.813. The lowest BCUT2D eigenvalue weighted by Crippen LogP contribution is -1.86. The number of hydrogen-bond donors (Lipinski definition) is 1. The number of aromatic nitrogens is 1. The fourth-order valence-corrected chi connectivity index (χ4v) is 1.49. The third-order valence-corrected chi connectivity index (χ3v) is 2.18. The summed E-state index contributed by atoms with van der Waals surface area (Å²) in [6, 6.07) is 8.92. The zero-order valence-electron chi connectivity index (χ0n) is 8.02. The van der Waals surface area contributed by atoms with Gasteiger partial charge in [-0.05, 0) is 18.2 Å². The van der Waals surface area contributed by atoms with E-state index in [0.29, 0.717) is 5.56 Å². The predicted molar refractivity (Wildman–Crippen MR) is 57.9 cm³/mol. The Hall–Kier alpha value is -1.74. The topological polar surface area (TPSA) is 33.1 Å². The number of nitrogens with zero attached hydrogens (tertiary/aromatic N) is 1. The van der Waals surface area contributed by atoms with Gasteiger partial charge in [-0.3, -0.25) is 4.98 Å². The molecule has 0 aliphatic carbocycles. The van der Waals surface area contributed by atoms with Gasteiger partial charge >= 0.3 is 0 Å². The molecule has 0 atom stereocenters. The van der Waals surface area contributed by atoms with E-state index in [4.69, 9.17) is 5.11 Å². The number of pyridine rings is 1. The van der Waals surface area contributed by atoms with E-state index in [1.54, 1.807) is 12.3 Å². The molecule has 1 aromatic carbocycles. The zero-order valence-corrected chi connectivity index (χ0v) is 8.02. The molecule has 2 rings (SSSR count). The van der Waals surface area contributed by atoms with E-state index in [0.717, 1.165) is 17.0 Å². The van der Waals surface area contributed by atoms with Crippen LogP contribution >= 0.6 is 0 Å². The minimum Gasteiger partial charge on any atom is -0.392 e. The second-order valence-electron chi connectivity index (χ2n) is 3.11. The molecule has 2 aromatic rings. The SMILES string of the molecule is OCC=C(F)c1ccnc2ccccc12. The van der Waals surface area contributed by atoms with Crippen molar-refractivity contribution in [2.24, 2.45) is 0 Å². The van der Waals surface area contributed by atoms with Crippen LogP contribution in [0.1, 0.15) is 5.56 Å². The molecule has 2 nitrogen and oxygen atoms in total. The van der Waals surface area contributed by atoms with Crippen molar-refractivity contribution in [3.63, 3.8) is 0 Å². The third-order valence-electron chi connectivity index (χ3n) is 2.18. The number of halogens is 1. The summed E-state index contributed by atoms with van der Waals surface area (Å²) in [7, 11) is 0. The van der Waals surface area contributed by atoms with Crippen LogP contribution in [0.4, 0.5) is 4.39 Å². The number of para-hydroxylation sites is 1. The summed E-state index contributed by atoms with van der Waals surface area (Å²) in [5.74, 6) is -0.420. The molecule has 3 heteroatoms. The molecule has 15 heavy (non-hydrogen) atoms. The third kappa shape index (κ3) is 1.87. The largest absolute Gasteiger partial charge is 0.392 e. The standard InChI is InChI=1S/C12H10FNO/c13-11(6-8-15)9-5-7-14-12-4-2-1-3-10(9)12/h1-7,15H,8H2. The first-order chi connectivity index (χ1) is 7.33. The van der Waals surface area contributed by atoms with Crippen LogP contribution in [-0.4, -0.2) is 16.7 Å². The van der Waals surface area contributed by atoms with Gasteiger partial charge in [-0.2, -0.15) is 0 Å². The second-order valence-corrected chi connectivity index (χ2v) is 3.11. The Balaban J connectivity index is 2.66. The highest BCUT2D eigenvalue weighted by atomic mass is 19.1. The Kier molecular flexibility index (Phi) is 2.74. The van der Waals surface area contributed by atoms with E-state index < -0.39 is 5.83 Å². The van der Waals surface area contributed by atoms with Gasteiger partial charge in [0.25, 0.3) is 0 Å². The molecule has 0 amide bonds. The number of fused-ring (bicyclic) bond motifs is 1. The summed E-state index contributed by atoms with van der Waals surface area (Å²) in [6.07, 6.45) is 2.70. The summed E-state index contributed by atoms with van der Waals surface area (Å²) in [6.45, 7) is -0.303. The maximum Gasteiger partial charge on any atom is 0.129 e. The van der Waals surface area contributed by atoms with Crippen LogP contribution < -0.4 is 0 Å². The summed E-state index contributed by atoms with van der Waals surface area (Å²) in [5, 5.41) is 9.39. The molecule has 1 N–H and O–H groups in total. The zero-order chi connectivity index (χ0) is 10.7. The summed E-state index contributed by atoms with van der Waals surface area (Å²) < 4.78 is 13.5. The molecule has 0 bridgehead atoms. The molecule has 1 heterocycles. The van der Waals surface area contributed by atoms with Crippen molar-refractivity contribution < 1.29 is 9.50 Å². The number of benzene rings is 1. The van der Waals surface area contributed by atoms with Crippen LogP contribution in [0.3, 0.4) is 0 Å². The normalized spacial score (nSPS) is 12.0. The van der Waals surface area contributed by atoms with Gasteiger partial charge in [0.15, 0.2) is 0 Å². The summed E-state index contributed by atoms with van der Waals surface area (Å²) >= 11 is 0. The highest BCUT2D eigenvalue weighted by Crippen LogP contribution is 2.23. The predicted octanol–water partition coefficient (Wildman–Crippen LogP) is 2.54. The molecule has 76 valence electrons. The molecule has 0 aliphatic rings. The highest BCUT2D eigenvalue weighted by molar-refractivity contribution is 5.89. The van der Waals surface area contributed by atoms with Gasteiger partial charge in [-0.15, -0.1) is 0 Å². The van der Waals surface area contributed by atoms with Gasteiger partial charge in [-0.25, -0.2) is 4.39 Å². The summed E-state index contributed by atoms with van der Waals surface area (Å²) in [5.41, 5.74) is 1.21. The van der Waals surface area contributed by atoms with Gasteiger partial charge < -0.3 is 5.11 Å². The Morgan fingerprint density at radius 2 is 2.13 bits per heavy atom. The monoisotopic (exact) mass is 203 g/mol. The summed E-state index contributed by atoms with van der Waals surface area (Å²) in [4.78, 5) is 4.13. The minimum atomic E-state index is -0.420. The van der Waals surface area contributed by atoms with Gasteiger partial charge in [0.1, 0.15) is 5.83 Å². The number of hydrogen-bond acceptors (Lipinski definition) is 2. The average Bonchev–Trinajstić information content (AvgIpc) is 2.28. The van der Waals surface area contributed by atoms with E-state index in [1.165, 1.54) is 0 Å². The van der Waals surface area contributed by atoms with Gasteiger partial charge in [0.05, 0.1) is 12.1 Å². The Bertz CT molecular complexity index is 502.